The Morgan fingerprint density at radius 3 is 2.59 bits per heavy atom. The zero-order valence-corrected chi connectivity index (χ0v) is 10.9. The maximum atomic E-state index is 11.9. The lowest BCUT2D eigenvalue weighted by Gasteiger charge is -2.21. The topological polar surface area (TPSA) is 55.1 Å². The van der Waals surface area contributed by atoms with Gasteiger partial charge in [0.15, 0.2) is 0 Å². The lowest BCUT2D eigenvalue weighted by Crippen LogP contribution is -2.36. The van der Waals surface area contributed by atoms with Gasteiger partial charge in [0.2, 0.25) is 5.91 Å². The van der Waals surface area contributed by atoms with Gasteiger partial charge in [-0.05, 0) is 17.5 Å². The quantitative estimate of drug-likeness (QED) is 0.820. The normalized spacial score (nSPS) is 11.3. The fourth-order valence-corrected chi connectivity index (χ4v) is 1.45. The molecule has 0 aliphatic heterocycles. The zero-order valence-electron chi connectivity index (χ0n) is 10.9. The molecule has 0 saturated heterocycles. The monoisotopic (exact) mass is 234 g/mol. The van der Waals surface area contributed by atoms with Crippen molar-refractivity contribution < 1.29 is 4.79 Å². The Balaban J connectivity index is 2.58. The van der Waals surface area contributed by atoms with Crippen LogP contribution >= 0.6 is 0 Å². The van der Waals surface area contributed by atoms with Crippen molar-refractivity contribution in [2.75, 3.05) is 0 Å². The summed E-state index contributed by atoms with van der Waals surface area (Å²) in [5.74, 6) is 0.0955. The first-order valence-electron chi connectivity index (χ1n) is 6.06. The third-order valence-corrected chi connectivity index (χ3v) is 3.18. The summed E-state index contributed by atoms with van der Waals surface area (Å²) >= 11 is 0. The highest BCUT2D eigenvalue weighted by Crippen LogP contribution is 2.19. The van der Waals surface area contributed by atoms with Crippen molar-refractivity contribution in [3.05, 3.63) is 35.4 Å². The van der Waals surface area contributed by atoms with Crippen molar-refractivity contribution in [2.24, 2.45) is 11.1 Å². The maximum absolute atomic E-state index is 11.9. The largest absolute Gasteiger partial charge is 0.352 e. The van der Waals surface area contributed by atoms with Gasteiger partial charge in [-0.1, -0.05) is 45.0 Å². The molecule has 0 fully saturated rings. The molecular weight excluding hydrogens is 212 g/mol. The van der Waals surface area contributed by atoms with Crippen LogP contribution in [0.2, 0.25) is 0 Å². The van der Waals surface area contributed by atoms with E-state index in [1.165, 1.54) is 0 Å². The van der Waals surface area contributed by atoms with Crippen LogP contribution in [0.5, 0.6) is 0 Å². The van der Waals surface area contributed by atoms with Gasteiger partial charge in [0, 0.05) is 18.5 Å². The van der Waals surface area contributed by atoms with Crippen LogP contribution in [-0.2, 0) is 17.9 Å². The van der Waals surface area contributed by atoms with E-state index in [0.717, 1.165) is 17.5 Å². The Kier molecular flexibility index (Phi) is 4.70. The summed E-state index contributed by atoms with van der Waals surface area (Å²) in [6.45, 7) is 7.03. The second kappa shape index (κ2) is 5.82. The Morgan fingerprint density at radius 1 is 1.35 bits per heavy atom. The summed E-state index contributed by atoms with van der Waals surface area (Å²) in [6, 6.07) is 7.98. The van der Waals surface area contributed by atoms with Gasteiger partial charge in [0.25, 0.3) is 0 Å². The van der Waals surface area contributed by atoms with Gasteiger partial charge in [0.05, 0.1) is 0 Å². The van der Waals surface area contributed by atoms with E-state index >= 15 is 0 Å². The number of hydrogen-bond donors (Lipinski definition) is 2. The van der Waals surface area contributed by atoms with Crippen LogP contribution in [0.1, 0.15) is 38.3 Å². The number of nitrogens with one attached hydrogen (secondary N) is 1. The molecule has 3 nitrogen and oxygen atoms in total. The van der Waals surface area contributed by atoms with Crippen molar-refractivity contribution in [1.29, 1.82) is 0 Å². The molecule has 0 aromatic heterocycles. The highest BCUT2D eigenvalue weighted by Gasteiger charge is 2.24. The molecular formula is C14H22N2O. The molecule has 0 aliphatic rings. The van der Waals surface area contributed by atoms with E-state index in [2.05, 4.69) is 5.32 Å². The van der Waals surface area contributed by atoms with Crippen LogP contribution in [0.15, 0.2) is 24.3 Å². The number of rotatable bonds is 5. The Labute approximate surface area is 103 Å². The number of nitrogens with two attached hydrogens (primary N) is 1. The van der Waals surface area contributed by atoms with Gasteiger partial charge in [0.1, 0.15) is 0 Å². The summed E-state index contributed by atoms with van der Waals surface area (Å²) in [7, 11) is 0. The molecule has 17 heavy (non-hydrogen) atoms. The van der Waals surface area contributed by atoms with Crippen LogP contribution in [0.4, 0.5) is 0 Å². The second-order valence-corrected chi connectivity index (χ2v) is 4.94. The third-order valence-electron chi connectivity index (χ3n) is 3.18. The van der Waals surface area contributed by atoms with Gasteiger partial charge in [-0.3, -0.25) is 4.79 Å². The smallest absolute Gasteiger partial charge is 0.225 e. The molecule has 1 rings (SSSR count). The fourth-order valence-electron chi connectivity index (χ4n) is 1.45. The minimum atomic E-state index is -0.300. The summed E-state index contributed by atoms with van der Waals surface area (Å²) in [5.41, 5.74) is 7.46. The van der Waals surface area contributed by atoms with Crippen molar-refractivity contribution >= 4 is 5.91 Å². The second-order valence-electron chi connectivity index (χ2n) is 4.94. The molecule has 0 unspecified atom stereocenters. The SMILES string of the molecule is CCC(C)(C)C(=O)NCc1cccc(CN)c1. The van der Waals surface area contributed by atoms with Crippen LogP contribution in [0, 0.1) is 5.41 Å². The standard InChI is InChI=1S/C14H22N2O/c1-4-14(2,3)13(17)16-10-12-7-5-6-11(8-12)9-15/h5-8H,4,9-10,15H2,1-3H3,(H,16,17). The maximum Gasteiger partial charge on any atom is 0.225 e. The van der Waals surface area contributed by atoms with E-state index in [4.69, 9.17) is 5.73 Å². The molecule has 0 bridgehead atoms. The number of carbonyl (C=O) groups is 1. The molecule has 0 spiro atoms. The highest BCUT2D eigenvalue weighted by atomic mass is 16.2. The molecule has 1 aromatic carbocycles. The molecule has 3 heteroatoms. The van der Waals surface area contributed by atoms with Crippen LogP contribution in [-0.4, -0.2) is 5.91 Å². The van der Waals surface area contributed by atoms with E-state index in [9.17, 15) is 4.79 Å². The molecule has 3 N–H and O–H groups in total. The first-order valence-corrected chi connectivity index (χ1v) is 6.06. The molecule has 1 amide bonds. The third kappa shape index (κ3) is 3.86. The first kappa shape index (κ1) is 13.7. The van der Waals surface area contributed by atoms with Crippen LogP contribution < -0.4 is 11.1 Å². The molecule has 1 aromatic rings. The Morgan fingerprint density at radius 2 is 2.00 bits per heavy atom. The Bertz CT molecular complexity index is 386. The fraction of sp³-hybridized carbons (Fsp3) is 0.500. The van der Waals surface area contributed by atoms with Gasteiger partial charge >= 0.3 is 0 Å². The van der Waals surface area contributed by atoms with Crippen molar-refractivity contribution in [1.82, 2.24) is 5.32 Å². The lowest BCUT2D eigenvalue weighted by molar-refractivity contribution is -0.129. The van der Waals surface area contributed by atoms with Gasteiger partial charge in [-0.25, -0.2) is 0 Å². The minimum absolute atomic E-state index is 0.0955. The zero-order chi connectivity index (χ0) is 12.9. The van der Waals surface area contributed by atoms with Gasteiger partial charge < -0.3 is 11.1 Å². The highest BCUT2D eigenvalue weighted by molar-refractivity contribution is 5.81. The summed E-state index contributed by atoms with van der Waals surface area (Å²) in [5, 5.41) is 2.96. The number of hydrogen-bond acceptors (Lipinski definition) is 2. The van der Waals surface area contributed by atoms with Crippen molar-refractivity contribution in [3.63, 3.8) is 0 Å². The average Bonchev–Trinajstić information content (AvgIpc) is 2.36. The predicted molar refractivity (Wildman–Crippen MR) is 70.3 cm³/mol. The molecule has 0 atom stereocenters. The van der Waals surface area contributed by atoms with E-state index in [1.54, 1.807) is 0 Å². The van der Waals surface area contributed by atoms with E-state index in [-0.39, 0.29) is 11.3 Å². The van der Waals surface area contributed by atoms with Crippen molar-refractivity contribution in [2.45, 2.75) is 40.3 Å². The summed E-state index contributed by atoms with van der Waals surface area (Å²) < 4.78 is 0. The minimum Gasteiger partial charge on any atom is -0.352 e. The lowest BCUT2D eigenvalue weighted by atomic mass is 9.89. The van der Waals surface area contributed by atoms with E-state index in [0.29, 0.717) is 13.1 Å². The molecule has 94 valence electrons. The summed E-state index contributed by atoms with van der Waals surface area (Å²) in [4.78, 5) is 11.9. The Hall–Kier alpha value is -1.35. The van der Waals surface area contributed by atoms with Crippen LogP contribution in [0.25, 0.3) is 0 Å². The summed E-state index contributed by atoms with van der Waals surface area (Å²) in [6.07, 6.45) is 0.835. The van der Waals surface area contributed by atoms with Gasteiger partial charge in [-0.2, -0.15) is 0 Å². The van der Waals surface area contributed by atoms with E-state index < -0.39 is 0 Å². The average molecular weight is 234 g/mol. The molecule has 0 heterocycles. The van der Waals surface area contributed by atoms with Crippen LogP contribution in [0.3, 0.4) is 0 Å². The number of carbonyl (C=O) groups excluding carboxylic acids is 1. The van der Waals surface area contributed by atoms with E-state index in [1.807, 2.05) is 45.0 Å². The molecule has 0 aliphatic carbocycles. The predicted octanol–water partition coefficient (Wildman–Crippen LogP) is 2.20. The van der Waals surface area contributed by atoms with Gasteiger partial charge in [-0.15, -0.1) is 0 Å². The first-order chi connectivity index (χ1) is 7.99. The number of benzene rings is 1. The molecule has 0 saturated carbocycles. The number of amides is 1. The van der Waals surface area contributed by atoms with Crippen molar-refractivity contribution in [3.8, 4) is 0 Å². The molecule has 0 radical (unpaired) electrons.